The fourth-order valence-electron chi connectivity index (χ4n) is 3.26. The molecule has 0 unspecified atom stereocenters. The zero-order valence-electron chi connectivity index (χ0n) is 13.6. The van der Waals surface area contributed by atoms with Gasteiger partial charge in [0.1, 0.15) is 6.04 Å². The molecule has 0 saturated heterocycles. The van der Waals surface area contributed by atoms with Crippen molar-refractivity contribution in [2.75, 3.05) is 4.90 Å². The Labute approximate surface area is 153 Å². The highest BCUT2D eigenvalue weighted by atomic mass is 79.9. The van der Waals surface area contributed by atoms with Crippen LogP contribution in [-0.4, -0.2) is 16.0 Å². The summed E-state index contributed by atoms with van der Waals surface area (Å²) in [6, 6.07) is 15.6. The average molecular weight is 398 g/mol. The third kappa shape index (κ3) is 2.98. The molecular formula is C19H16BrN3O2. The van der Waals surface area contributed by atoms with E-state index >= 15 is 0 Å². The van der Waals surface area contributed by atoms with Crippen LogP contribution in [0.3, 0.4) is 0 Å². The second kappa shape index (κ2) is 6.44. The maximum atomic E-state index is 12.2. The topological polar surface area (TPSA) is 59.2 Å². The first-order valence-corrected chi connectivity index (χ1v) is 8.86. The number of nitrogens with zero attached hydrogens (tertiary/aromatic N) is 3. The van der Waals surface area contributed by atoms with E-state index in [4.69, 9.17) is 4.52 Å². The van der Waals surface area contributed by atoms with Gasteiger partial charge in [0.05, 0.1) is 0 Å². The highest BCUT2D eigenvalue weighted by Gasteiger charge is 2.36. The quantitative estimate of drug-likeness (QED) is 0.667. The van der Waals surface area contributed by atoms with Gasteiger partial charge in [-0.2, -0.15) is 4.98 Å². The van der Waals surface area contributed by atoms with Gasteiger partial charge >= 0.3 is 0 Å². The fraction of sp³-hybridized carbons (Fsp3) is 0.211. The Morgan fingerprint density at radius 3 is 2.80 bits per heavy atom. The number of anilines is 1. The standard InChI is InChI=1S/C19H16BrN3O2/c1-12(24)23-16-9-5-3-7-14(16)10-17(23)19-21-18(22-25-19)11-13-6-2-4-8-15(13)20/h2-9,17H,10-11H2,1H3/t17-/m0/s1. The molecule has 126 valence electrons. The molecule has 1 aliphatic rings. The Hall–Kier alpha value is -2.47. The Morgan fingerprint density at radius 2 is 2.00 bits per heavy atom. The van der Waals surface area contributed by atoms with Gasteiger partial charge in [-0.15, -0.1) is 0 Å². The third-order valence-electron chi connectivity index (χ3n) is 4.39. The van der Waals surface area contributed by atoms with Crippen molar-refractivity contribution in [3.05, 3.63) is 75.8 Å². The molecule has 5 nitrogen and oxygen atoms in total. The van der Waals surface area contributed by atoms with Gasteiger partial charge in [-0.1, -0.05) is 57.5 Å². The summed E-state index contributed by atoms with van der Waals surface area (Å²) in [7, 11) is 0. The van der Waals surface area contributed by atoms with Gasteiger partial charge in [-0.3, -0.25) is 9.69 Å². The van der Waals surface area contributed by atoms with Crippen LogP contribution in [0.25, 0.3) is 0 Å². The number of halogens is 1. The molecule has 6 heteroatoms. The number of aromatic nitrogens is 2. The van der Waals surface area contributed by atoms with Crippen molar-refractivity contribution in [3.8, 4) is 0 Å². The number of para-hydroxylation sites is 1. The molecule has 0 aliphatic carbocycles. The predicted octanol–water partition coefficient (Wildman–Crippen LogP) is 4.07. The summed E-state index contributed by atoms with van der Waals surface area (Å²) in [5.41, 5.74) is 3.13. The smallest absolute Gasteiger partial charge is 0.250 e. The highest BCUT2D eigenvalue weighted by Crippen LogP contribution is 2.39. The maximum absolute atomic E-state index is 12.2. The molecule has 0 fully saturated rings. The zero-order chi connectivity index (χ0) is 17.4. The lowest BCUT2D eigenvalue weighted by Gasteiger charge is -2.21. The Balaban J connectivity index is 1.62. The van der Waals surface area contributed by atoms with Crippen LogP contribution in [0.5, 0.6) is 0 Å². The van der Waals surface area contributed by atoms with E-state index in [1.54, 1.807) is 11.8 Å². The van der Waals surface area contributed by atoms with E-state index in [1.807, 2.05) is 48.5 Å². The maximum Gasteiger partial charge on any atom is 0.250 e. The van der Waals surface area contributed by atoms with E-state index in [9.17, 15) is 4.79 Å². The molecule has 0 spiro atoms. The van der Waals surface area contributed by atoms with Crippen molar-refractivity contribution in [3.63, 3.8) is 0 Å². The first-order valence-electron chi connectivity index (χ1n) is 8.07. The molecule has 1 amide bonds. The number of rotatable bonds is 3. The van der Waals surface area contributed by atoms with Crippen molar-refractivity contribution in [1.82, 2.24) is 10.1 Å². The summed E-state index contributed by atoms with van der Waals surface area (Å²) in [6.45, 7) is 1.56. The molecule has 0 N–H and O–H groups in total. The van der Waals surface area contributed by atoms with Crippen LogP contribution >= 0.6 is 15.9 Å². The summed E-state index contributed by atoms with van der Waals surface area (Å²) >= 11 is 3.54. The fourth-order valence-corrected chi connectivity index (χ4v) is 3.68. The van der Waals surface area contributed by atoms with E-state index in [0.717, 1.165) is 21.3 Å². The van der Waals surface area contributed by atoms with Crippen molar-refractivity contribution in [1.29, 1.82) is 0 Å². The van der Waals surface area contributed by atoms with Gasteiger partial charge < -0.3 is 4.52 Å². The molecule has 0 saturated carbocycles. The van der Waals surface area contributed by atoms with E-state index in [1.165, 1.54) is 0 Å². The van der Waals surface area contributed by atoms with Crippen LogP contribution in [0.15, 0.2) is 57.5 Å². The number of carbonyl (C=O) groups is 1. The van der Waals surface area contributed by atoms with E-state index in [-0.39, 0.29) is 11.9 Å². The van der Waals surface area contributed by atoms with Crippen LogP contribution in [-0.2, 0) is 17.6 Å². The lowest BCUT2D eigenvalue weighted by atomic mass is 10.1. The first kappa shape index (κ1) is 16.0. The monoisotopic (exact) mass is 397 g/mol. The largest absolute Gasteiger partial charge is 0.337 e. The van der Waals surface area contributed by atoms with Gasteiger partial charge in [0, 0.05) is 29.9 Å². The zero-order valence-corrected chi connectivity index (χ0v) is 15.2. The van der Waals surface area contributed by atoms with Crippen molar-refractivity contribution in [2.24, 2.45) is 0 Å². The Kier molecular flexibility index (Phi) is 4.13. The van der Waals surface area contributed by atoms with Crippen LogP contribution in [0, 0.1) is 0 Å². The molecule has 1 aliphatic heterocycles. The molecular weight excluding hydrogens is 382 g/mol. The Morgan fingerprint density at radius 1 is 1.24 bits per heavy atom. The van der Waals surface area contributed by atoms with Gasteiger partial charge in [0.25, 0.3) is 0 Å². The number of carbonyl (C=O) groups excluding carboxylic acids is 1. The van der Waals surface area contributed by atoms with Crippen LogP contribution in [0.2, 0.25) is 0 Å². The minimum absolute atomic E-state index is 0.0273. The molecule has 0 radical (unpaired) electrons. The minimum atomic E-state index is -0.240. The molecule has 2 heterocycles. The molecule has 3 aromatic rings. The summed E-state index contributed by atoms with van der Waals surface area (Å²) in [4.78, 5) is 18.5. The molecule has 4 rings (SSSR count). The van der Waals surface area contributed by atoms with E-state index < -0.39 is 0 Å². The van der Waals surface area contributed by atoms with Crippen molar-refractivity contribution >= 4 is 27.5 Å². The van der Waals surface area contributed by atoms with Gasteiger partial charge in [0.2, 0.25) is 11.8 Å². The van der Waals surface area contributed by atoms with Crippen LogP contribution in [0.4, 0.5) is 5.69 Å². The second-order valence-corrected chi connectivity index (χ2v) is 6.91. The normalized spacial score (nSPS) is 16.1. The summed E-state index contributed by atoms with van der Waals surface area (Å²) in [5.74, 6) is 1.07. The number of fused-ring (bicyclic) bond motifs is 1. The summed E-state index contributed by atoms with van der Waals surface area (Å²) < 4.78 is 6.52. The SMILES string of the molecule is CC(=O)N1c2ccccc2C[C@H]1c1nc(Cc2ccccc2Br)no1. The first-order chi connectivity index (χ1) is 12.1. The predicted molar refractivity (Wildman–Crippen MR) is 97.3 cm³/mol. The van der Waals surface area contributed by atoms with Gasteiger partial charge in [-0.25, -0.2) is 0 Å². The van der Waals surface area contributed by atoms with E-state index in [2.05, 4.69) is 26.1 Å². The number of hydrogen-bond donors (Lipinski definition) is 0. The molecule has 1 aromatic heterocycles. The van der Waals surface area contributed by atoms with Crippen molar-refractivity contribution in [2.45, 2.75) is 25.8 Å². The lowest BCUT2D eigenvalue weighted by Crippen LogP contribution is -2.30. The lowest BCUT2D eigenvalue weighted by molar-refractivity contribution is -0.117. The molecule has 2 aromatic carbocycles. The second-order valence-electron chi connectivity index (χ2n) is 6.05. The molecule has 1 atom stereocenters. The summed E-state index contributed by atoms with van der Waals surface area (Å²) in [6.07, 6.45) is 1.26. The number of benzene rings is 2. The molecule has 25 heavy (non-hydrogen) atoms. The Bertz CT molecular complexity index is 938. The third-order valence-corrected chi connectivity index (χ3v) is 5.16. The van der Waals surface area contributed by atoms with Gasteiger partial charge in [0.15, 0.2) is 5.82 Å². The highest BCUT2D eigenvalue weighted by molar-refractivity contribution is 9.10. The van der Waals surface area contributed by atoms with E-state index in [0.29, 0.717) is 24.6 Å². The van der Waals surface area contributed by atoms with Crippen molar-refractivity contribution < 1.29 is 9.32 Å². The average Bonchev–Trinajstić information content (AvgIpc) is 3.21. The number of hydrogen-bond acceptors (Lipinski definition) is 4. The van der Waals surface area contributed by atoms with Crippen LogP contribution < -0.4 is 4.90 Å². The van der Waals surface area contributed by atoms with Gasteiger partial charge in [-0.05, 0) is 23.3 Å². The summed E-state index contributed by atoms with van der Waals surface area (Å²) in [5, 5.41) is 4.11. The van der Waals surface area contributed by atoms with Crippen LogP contribution in [0.1, 0.15) is 35.8 Å². The number of amides is 1. The molecule has 0 bridgehead atoms. The minimum Gasteiger partial charge on any atom is -0.337 e.